The van der Waals surface area contributed by atoms with Crippen molar-refractivity contribution < 1.29 is 33.4 Å². The molecule has 28 heavy (non-hydrogen) atoms. The monoisotopic (exact) mass is 405 g/mol. The second-order valence-electron chi connectivity index (χ2n) is 5.58. The lowest BCUT2D eigenvalue weighted by molar-refractivity contribution is -0.154. The summed E-state index contributed by atoms with van der Waals surface area (Å²) in [6.45, 7) is 0. The van der Waals surface area contributed by atoms with Gasteiger partial charge in [0.05, 0.1) is 33.3 Å². The smallest absolute Gasteiger partial charge is 0.338 e. The highest BCUT2D eigenvalue weighted by molar-refractivity contribution is 7.10. The molecule has 0 fully saturated rings. The Kier molecular flexibility index (Phi) is 7.28. The molecule has 0 unspecified atom stereocenters. The lowest BCUT2D eigenvalue weighted by Crippen LogP contribution is -2.26. The van der Waals surface area contributed by atoms with E-state index in [1.54, 1.807) is 0 Å². The van der Waals surface area contributed by atoms with E-state index >= 15 is 0 Å². The third-order valence-electron chi connectivity index (χ3n) is 3.84. The highest BCUT2D eigenvalue weighted by atomic mass is 32.1. The van der Waals surface area contributed by atoms with Crippen LogP contribution in [0.4, 0.5) is 5.69 Å². The summed E-state index contributed by atoms with van der Waals surface area (Å²) >= 11 is 1.45. The van der Waals surface area contributed by atoms with Crippen molar-refractivity contribution in [3.05, 3.63) is 51.7 Å². The van der Waals surface area contributed by atoms with Gasteiger partial charge in [0.15, 0.2) is 5.92 Å². The summed E-state index contributed by atoms with van der Waals surface area (Å²) in [6.07, 6.45) is 0.180. The van der Waals surface area contributed by atoms with E-state index < -0.39 is 23.8 Å². The highest BCUT2D eigenvalue weighted by Gasteiger charge is 2.34. The van der Waals surface area contributed by atoms with Crippen molar-refractivity contribution in [1.82, 2.24) is 0 Å². The topological polar surface area (TPSA) is 108 Å². The molecule has 148 valence electrons. The van der Waals surface area contributed by atoms with E-state index in [-0.39, 0.29) is 23.5 Å². The predicted octanol–water partition coefficient (Wildman–Crippen LogP) is 2.15. The van der Waals surface area contributed by atoms with E-state index in [9.17, 15) is 19.2 Å². The third kappa shape index (κ3) is 4.95. The number of amides is 1. The van der Waals surface area contributed by atoms with Crippen molar-refractivity contribution in [3.63, 3.8) is 0 Å². The molecule has 9 heteroatoms. The summed E-state index contributed by atoms with van der Waals surface area (Å²) in [4.78, 5) is 49.4. The molecule has 0 aliphatic rings. The number of hydrogen-bond acceptors (Lipinski definition) is 8. The average Bonchev–Trinajstić information content (AvgIpc) is 3.20. The summed E-state index contributed by atoms with van der Waals surface area (Å²) in [5.74, 6) is -4.27. The number of methoxy groups -OCH3 is 3. The van der Waals surface area contributed by atoms with Gasteiger partial charge in [0.2, 0.25) is 5.91 Å². The van der Waals surface area contributed by atoms with Crippen molar-refractivity contribution in [1.29, 1.82) is 0 Å². The Balaban J connectivity index is 2.36. The van der Waals surface area contributed by atoms with Gasteiger partial charge in [0, 0.05) is 10.6 Å². The fourth-order valence-electron chi connectivity index (χ4n) is 2.53. The third-order valence-corrected chi connectivity index (χ3v) is 4.72. The number of carbonyl (C=O) groups is 4. The molecule has 1 N–H and O–H groups in total. The lowest BCUT2D eigenvalue weighted by Gasteiger charge is -2.17. The zero-order valence-corrected chi connectivity index (χ0v) is 16.3. The molecule has 8 nitrogen and oxygen atoms in total. The number of hydrogen-bond donors (Lipinski definition) is 1. The van der Waals surface area contributed by atoms with E-state index in [1.165, 1.54) is 36.6 Å². The molecule has 0 aliphatic carbocycles. The number of nitrogens with one attached hydrogen (secondary N) is 1. The fourth-order valence-corrected chi connectivity index (χ4v) is 3.24. The van der Waals surface area contributed by atoms with Crippen LogP contribution < -0.4 is 5.32 Å². The first-order chi connectivity index (χ1) is 13.4. The molecule has 2 rings (SSSR count). The molecule has 1 amide bonds. The van der Waals surface area contributed by atoms with Crippen molar-refractivity contribution in [2.24, 2.45) is 0 Å². The van der Waals surface area contributed by atoms with Crippen LogP contribution in [0.5, 0.6) is 0 Å². The number of rotatable bonds is 7. The largest absolute Gasteiger partial charge is 0.468 e. The molecule has 0 saturated heterocycles. The molecule has 1 heterocycles. The maximum atomic E-state index is 12.2. The van der Waals surface area contributed by atoms with Crippen molar-refractivity contribution in [2.45, 2.75) is 12.3 Å². The molecule has 0 aliphatic heterocycles. The maximum absolute atomic E-state index is 12.2. The first-order valence-electron chi connectivity index (χ1n) is 8.11. The van der Waals surface area contributed by atoms with Gasteiger partial charge in [-0.3, -0.25) is 14.4 Å². The number of carbonyl (C=O) groups excluding carboxylic acids is 4. The quantitative estimate of drug-likeness (QED) is 0.427. The number of esters is 3. The Bertz CT molecular complexity index is 860. The van der Waals surface area contributed by atoms with Gasteiger partial charge in [0.25, 0.3) is 0 Å². The zero-order chi connectivity index (χ0) is 20.7. The normalized spacial score (nSPS) is 10.3. The predicted molar refractivity (Wildman–Crippen MR) is 101 cm³/mol. The first-order valence-corrected chi connectivity index (χ1v) is 8.99. The lowest BCUT2D eigenvalue weighted by atomic mass is 9.93. The number of ether oxygens (including phenoxy) is 3. The standard InChI is InChI=1S/C19H19NO7S/c1-25-17(22)14-9-11(20-15(21)10-12-5-4-8-28-12)6-7-13(14)16(18(23)26-2)19(24)27-3/h4-9,16H,10H2,1-3H3,(H,20,21). The summed E-state index contributed by atoms with van der Waals surface area (Å²) in [5, 5.41) is 4.55. The van der Waals surface area contributed by atoms with Crippen LogP contribution in [0.25, 0.3) is 0 Å². The Morgan fingerprint density at radius 1 is 1.00 bits per heavy atom. The van der Waals surface area contributed by atoms with Crippen LogP contribution in [0.3, 0.4) is 0 Å². The highest BCUT2D eigenvalue weighted by Crippen LogP contribution is 2.27. The molecule has 2 aromatic rings. The van der Waals surface area contributed by atoms with Gasteiger partial charge in [-0.1, -0.05) is 12.1 Å². The van der Waals surface area contributed by atoms with Gasteiger partial charge in [-0.15, -0.1) is 11.3 Å². The Morgan fingerprint density at radius 2 is 1.68 bits per heavy atom. The minimum Gasteiger partial charge on any atom is -0.468 e. The first kappa shape index (κ1) is 21.1. The molecule has 1 aromatic heterocycles. The number of thiophene rings is 1. The van der Waals surface area contributed by atoms with E-state index in [4.69, 9.17) is 4.74 Å². The van der Waals surface area contributed by atoms with E-state index in [0.717, 1.165) is 19.1 Å². The molecule has 1 aromatic carbocycles. The minimum absolute atomic E-state index is 0.0572. The Labute approximate surface area is 165 Å². The molecular weight excluding hydrogens is 386 g/mol. The van der Waals surface area contributed by atoms with Gasteiger partial charge in [-0.25, -0.2) is 4.79 Å². The minimum atomic E-state index is -1.46. The average molecular weight is 405 g/mol. The summed E-state index contributed by atoms with van der Waals surface area (Å²) in [7, 11) is 3.41. The number of anilines is 1. The maximum Gasteiger partial charge on any atom is 0.338 e. The van der Waals surface area contributed by atoms with Gasteiger partial charge in [-0.05, 0) is 29.1 Å². The summed E-state index contributed by atoms with van der Waals surface area (Å²) in [5.41, 5.74) is 0.318. The fraction of sp³-hybridized carbons (Fsp3) is 0.263. The van der Waals surface area contributed by atoms with E-state index in [0.29, 0.717) is 5.69 Å². The van der Waals surface area contributed by atoms with Crippen LogP contribution in [0.1, 0.15) is 26.7 Å². The molecule has 0 saturated carbocycles. The Morgan fingerprint density at radius 3 is 2.21 bits per heavy atom. The van der Waals surface area contributed by atoms with Gasteiger partial charge in [0.1, 0.15) is 0 Å². The van der Waals surface area contributed by atoms with Crippen LogP contribution in [0.2, 0.25) is 0 Å². The van der Waals surface area contributed by atoms with E-state index in [2.05, 4.69) is 14.8 Å². The second kappa shape index (κ2) is 9.65. The second-order valence-corrected chi connectivity index (χ2v) is 6.61. The van der Waals surface area contributed by atoms with Gasteiger partial charge < -0.3 is 19.5 Å². The van der Waals surface area contributed by atoms with Crippen molar-refractivity contribution in [2.75, 3.05) is 26.6 Å². The molecule has 0 bridgehead atoms. The van der Waals surface area contributed by atoms with Crippen molar-refractivity contribution >= 4 is 40.8 Å². The molecule has 0 radical (unpaired) electrons. The van der Waals surface area contributed by atoms with Gasteiger partial charge >= 0.3 is 17.9 Å². The number of benzene rings is 1. The molecular formula is C19H19NO7S. The molecule has 0 spiro atoms. The zero-order valence-electron chi connectivity index (χ0n) is 15.5. The summed E-state index contributed by atoms with van der Waals surface area (Å²) < 4.78 is 14.0. The van der Waals surface area contributed by atoms with Crippen molar-refractivity contribution in [3.8, 4) is 0 Å². The summed E-state index contributed by atoms with van der Waals surface area (Å²) in [6, 6.07) is 7.88. The van der Waals surface area contributed by atoms with Crippen LogP contribution >= 0.6 is 11.3 Å². The van der Waals surface area contributed by atoms with E-state index in [1.807, 2.05) is 17.5 Å². The van der Waals surface area contributed by atoms with Crippen LogP contribution in [0.15, 0.2) is 35.7 Å². The van der Waals surface area contributed by atoms with Crippen LogP contribution in [-0.4, -0.2) is 45.1 Å². The van der Waals surface area contributed by atoms with Gasteiger partial charge in [-0.2, -0.15) is 0 Å². The van der Waals surface area contributed by atoms with Crippen LogP contribution in [0, 0.1) is 0 Å². The SMILES string of the molecule is COC(=O)c1cc(NC(=O)Cc2cccs2)ccc1C(C(=O)OC)C(=O)OC. The Hall–Kier alpha value is -3.20. The van der Waals surface area contributed by atoms with Crippen LogP contribution in [-0.2, 0) is 35.0 Å². The molecule has 0 atom stereocenters.